The maximum absolute atomic E-state index is 12.9. The summed E-state index contributed by atoms with van der Waals surface area (Å²) in [4.78, 5) is 12.8. The van der Waals surface area contributed by atoms with Gasteiger partial charge in [-0.05, 0) is 48.2 Å². The van der Waals surface area contributed by atoms with Gasteiger partial charge in [0.25, 0.3) is 10.0 Å². The van der Waals surface area contributed by atoms with Gasteiger partial charge in [-0.15, -0.1) is 11.3 Å². The van der Waals surface area contributed by atoms with E-state index in [0.717, 1.165) is 22.5 Å². The summed E-state index contributed by atoms with van der Waals surface area (Å²) >= 11 is 13.0. The molecule has 1 atom stereocenters. The van der Waals surface area contributed by atoms with Crippen molar-refractivity contribution in [1.29, 1.82) is 0 Å². The Morgan fingerprint density at radius 2 is 1.79 bits per heavy atom. The molecule has 0 saturated carbocycles. The Bertz CT molecular complexity index is 1230. The zero-order valence-electron chi connectivity index (χ0n) is 17.5. The van der Waals surface area contributed by atoms with Gasteiger partial charge in [0.2, 0.25) is 5.91 Å². The van der Waals surface area contributed by atoms with E-state index in [0.29, 0.717) is 47.6 Å². The lowest BCUT2D eigenvalue weighted by Crippen LogP contribution is -2.45. The van der Waals surface area contributed by atoms with E-state index in [9.17, 15) is 13.2 Å². The van der Waals surface area contributed by atoms with Crippen molar-refractivity contribution in [3.63, 3.8) is 0 Å². The summed E-state index contributed by atoms with van der Waals surface area (Å²) in [6.45, 7) is 0.994. The molecule has 1 aliphatic heterocycles. The average Bonchev–Trinajstić information content (AvgIpc) is 3.48. The number of ether oxygens (including phenoxy) is 1. The predicted molar refractivity (Wildman–Crippen MR) is 130 cm³/mol. The Morgan fingerprint density at radius 1 is 1.06 bits per heavy atom. The molecule has 4 rings (SSSR count). The van der Waals surface area contributed by atoms with E-state index in [-0.39, 0.29) is 10.1 Å². The maximum atomic E-state index is 12.9. The number of nitrogens with one attached hydrogen (secondary N) is 1. The van der Waals surface area contributed by atoms with Gasteiger partial charge in [-0.3, -0.25) is 4.79 Å². The van der Waals surface area contributed by atoms with Crippen molar-refractivity contribution in [3.05, 3.63) is 81.1 Å². The molecular formula is C23H22Cl2N2O4S2. The van der Waals surface area contributed by atoms with Crippen molar-refractivity contribution in [2.45, 2.75) is 36.2 Å². The van der Waals surface area contributed by atoms with Gasteiger partial charge >= 0.3 is 0 Å². The van der Waals surface area contributed by atoms with Crippen molar-refractivity contribution in [2.75, 3.05) is 6.54 Å². The third-order valence-electron chi connectivity index (χ3n) is 5.34. The predicted octanol–water partition coefficient (Wildman–Crippen LogP) is 5.10. The molecular weight excluding hydrogens is 503 g/mol. The Labute approximate surface area is 207 Å². The van der Waals surface area contributed by atoms with E-state index >= 15 is 0 Å². The number of thiophene rings is 1. The monoisotopic (exact) mass is 524 g/mol. The first-order chi connectivity index (χ1) is 15.8. The number of nitrogens with zero attached hydrogens (tertiary/aromatic N) is 1. The highest BCUT2D eigenvalue weighted by molar-refractivity contribution is 7.91. The number of benzene rings is 2. The van der Waals surface area contributed by atoms with Crippen molar-refractivity contribution in [1.82, 2.24) is 9.62 Å². The first-order valence-electron chi connectivity index (χ1n) is 10.3. The lowest BCUT2D eigenvalue weighted by atomic mass is 10.1. The van der Waals surface area contributed by atoms with Crippen molar-refractivity contribution < 1.29 is 17.9 Å². The quantitative estimate of drug-likeness (QED) is 0.444. The van der Waals surface area contributed by atoms with Crippen LogP contribution in [0.5, 0.6) is 5.75 Å². The smallest absolute Gasteiger partial charge is 0.253 e. The van der Waals surface area contributed by atoms with Crippen LogP contribution >= 0.6 is 34.5 Å². The van der Waals surface area contributed by atoms with Gasteiger partial charge in [-0.1, -0.05) is 59.6 Å². The third kappa shape index (κ3) is 5.70. The van der Waals surface area contributed by atoms with Crippen LogP contribution in [0.1, 0.15) is 24.0 Å². The molecule has 0 aliphatic carbocycles. The summed E-state index contributed by atoms with van der Waals surface area (Å²) in [6, 6.07) is 17.2. The van der Waals surface area contributed by atoms with Crippen LogP contribution in [-0.2, 0) is 28.0 Å². The number of rotatable bonds is 8. The molecule has 1 aliphatic rings. The molecule has 0 bridgehead atoms. The van der Waals surface area contributed by atoms with Crippen LogP contribution in [0.4, 0.5) is 0 Å². The first-order valence-corrected chi connectivity index (χ1v) is 13.4. The molecule has 0 radical (unpaired) electrons. The second-order valence-corrected chi connectivity index (χ2v) is 11.8. The number of carbonyl (C=O) groups excluding carboxylic acids is 1. The Morgan fingerprint density at radius 3 is 2.48 bits per heavy atom. The molecule has 1 fully saturated rings. The molecule has 1 N–H and O–H groups in total. The number of sulfonamides is 1. The fourth-order valence-electron chi connectivity index (χ4n) is 3.62. The van der Waals surface area contributed by atoms with Crippen molar-refractivity contribution in [3.8, 4) is 5.75 Å². The highest BCUT2D eigenvalue weighted by Crippen LogP contribution is 2.32. The standard InChI is InChI=1S/C23H22Cl2N2O4S2/c24-18-4-1-2-6-20(18)31-15-17-9-7-16(8-10-17)14-26-23(28)19-5-3-13-27(19)33(29,30)22-12-11-21(25)32-22/h1-2,4,6-12,19H,3,5,13-15H2,(H,26,28)/t19-/m0/s1. The topological polar surface area (TPSA) is 75.7 Å². The Kier molecular flexibility index (Phi) is 7.61. The van der Waals surface area contributed by atoms with Gasteiger partial charge < -0.3 is 10.1 Å². The summed E-state index contributed by atoms with van der Waals surface area (Å²) in [5.74, 6) is 0.321. The highest BCUT2D eigenvalue weighted by atomic mass is 35.5. The zero-order chi connectivity index (χ0) is 23.4. The lowest BCUT2D eigenvalue weighted by molar-refractivity contribution is -0.124. The minimum atomic E-state index is -3.75. The van der Waals surface area contributed by atoms with Crippen LogP contribution in [0.15, 0.2) is 64.9 Å². The molecule has 3 aromatic rings. The van der Waals surface area contributed by atoms with Crippen LogP contribution in [-0.4, -0.2) is 31.2 Å². The molecule has 10 heteroatoms. The van der Waals surface area contributed by atoms with Gasteiger partial charge in [0.05, 0.1) is 9.36 Å². The van der Waals surface area contributed by atoms with E-state index in [4.69, 9.17) is 27.9 Å². The van der Waals surface area contributed by atoms with Gasteiger partial charge in [-0.25, -0.2) is 8.42 Å². The summed E-state index contributed by atoms with van der Waals surface area (Å²) in [5.41, 5.74) is 1.87. The maximum Gasteiger partial charge on any atom is 0.253 e. The second kappa shape index (κ2) is 10.4. The van der Waals surface area contributed by atoms with Gasteiger partial charge in [0, 0.05) is 13.1 Å². The fourth-order valence-corrected chi connectivity index (χ4v) is 7.08. The van der Waals surface area contributed by atoms with Crippen LogP contribution in [0.2, 0.25) is 9.36 Å². The van der Waals surface area contributed by atoms with Gasteiger partial charge in [0.15, 0.2) is 0 Å². The van der Waals surface area contributed by atoms with Crippen LogP contribution in [0.25, 0.3) is 0 Å². The lowest BCUT2D eigenvalue weighted by Gasteiger charge is -2.22. The molecule has 174 valence electrons. The average molecular weight is 525 g/mol. The van der Waals surface area contributed by atoms with Gasteiger partial charge in [0.1, 0.15) is 22.6 Å². The highest BCUT2D eigenvalue weighted by Gasteiger charge is 2.39. The minimum absolute atomic E-state index is 0.154. The summed E-state index contributed by atoms with van der Waals surface area (Å²) < 4.78 is 33.4. The van der Waals surface area contributed by atoms with Crippen LogP contribution in [0.3, 0.4) is 0 Å². The molecule has 1 saturated heterocycles. The van der Waals surface area contributed by atoms with Crippen LogP contribution in [0, 0.1) is 0 Å². The summed E-state index contributed by atoms with van der Waals surface area (Å²) in [7, 11) is -3.75. The second-order valence-electron chi connectivity index (χ2n) is 7.59. The number of hydrogen-bond acceptors (Lipinski definition) is 5. The first kappa shape index (κ1) is 24.0. The SMILES string of the molecule is O=C(NCc1ccc(COc2ccccc2Cl)cc1)[C@@H]1CCCN1S(=O)(=O)c1ccc(Cl)s1. The van der Waals surface area contributed by atoms with E-state index in [1.807, 2.05) is 42.5 Å². The number of para-hydroxylation sites is 1. The fraction of sp³-hybridized carbons (Fsp3) is 0.261. The largest absolute Gasteiger partial charge is 0.487 e. The van der Waals surface area contributed by atoms with Crippen molar-refractivity contribution in [2.24, 2.45) is 0 Å². The molecule has 2 heterocycles. The van der Waals surface area contributed by atoms with Crippen molar-refractivity contribution >= 4 is 50.5 Å². The van der Waals surface area contributed by atoms with Gasteiger partial charge in [-0.2, -0.15) is 4.31 Å². The zero-order valence-corrected chi connectivity index (χ0v) is 20.7. The summed E-state index contributed by atoms with van der Waals surface area (Å²) in [5, 5.41) is 3.43. The molecule has 6 nitrogen and oxygen atoms in total. The number of amides is 1. The Balaban J connectivity index is 1.33. The summed E-state index contributed by atoms with van der Waals surface area (Å²) in [6.07, 6.45) is 1.12. The number of halogens is 2. The molecule has 0 unspecified atom stereocenters. The minimum Gasteiger partial charge on any atom is -0.487 e. The third-order valence-corrected chi connectivity index (χ3v) is 9.26. The Hall–Kier alpha value is -2.10. The molecule has 1 amide bonds. The number of carbonyl (C=O) groups is 1. The van der Waals surface area contributed by atoms with Crippen LogP contribution < -0.4 is 10.1 Å². The molecule has 1 aromatic heterocycles. The van der Waals surface area contributed by atoms with E-state index in [2.05, 4.69) is 5.32 Å². The normalized spacial score (nSPS) is 16.6. The molecule has 0 spiro atoms. The molecule has 2 aromatic carbocycles. The molecule has 33 heavy (non-hydrogen) atoms. The van der Waals surface area contributed by atoms with E-state index in [1.54, 1.807) is 12.1 Å². The number of hydrogen-bond donors (Lipinski definition) is 1. The van der Waals surface area contributed by atoms with E-state index < -0.39 is 16.1 Å². The van der Waals surface area contributed by atoms with E-state index in [1.165, 1.54) is 10.4 Å².